The number of aliphatic hydroxyl groups is 1. The van der Waals surface area contributed by atoms with Gasteiger partial charge < -0.3 is 5.11 Å². The van der Waals surface area contributed by atoms with E-state index in [1.165, 1.54) is 0 Å². The fourth-order valence-electron chi connectivity index (χ4n) is 1.97. The summed E-state index contributed by atoms with van der Waals surface area (Å²) in [6, 6.07) is 1.90. The summed E-state index contributed by atoms with van der Waals surface area (Å²) in [7, 11) is 1.87. The van der Waals surface area contributed by atoms with Crippen molar-refractivity contribution in [3.05, 3.63) is 18.0 Å². The number of hydrogen-bond acceptors (Lipinski definition) is 2. The minimum Gasteiger partial charge on any atom is -0.383 e. The average Bonchev–Trinajstić information content (AvgIpc) is 2.48. The molecule has 1 fully saturated rings. The molecule has 72 valence electrons. The molecular weight excluding hydrogens is 164 g/mol. The van der Waals surface area contributed by atoms with Gasteiger partial charge in [-0.1, -0.05) is 13.8 Å². The van der Waals surface area contributed by atoms with Gasteiger partial charge in [-0.15, -0.1) is 0 Å². The molecule has 1 aliphatic carbocycles. The van der Waals surface area contributed by atoms with Crippen molar-refractivity contribution in [2.45, 2.75) is 32.3 Å². The lowest BCUT2D eigenvalue weighted by atomic mass is 9.57. The van der Waals surface area contributed by atoms with Gasteiger partial charge in [0.2, 0.25) is 0 Å². The summed E-state index contributed by atoms with van der Waals surface area (Å²) in [5, 5.41) is 14.6. The zero-order valence-corrected chi connectivity index (χ0v) is 8.41. The van der Waals surface area contributed by atoms with Crippen LogP contribution in [0.5, 0.6) is 0 Å². The zero-order valence-electron chi connectivity index (χ0n) is 8.41. The molecule has 1 unspecified atom stereocenters. The van der Waals surface area contributed by atoms with E-state index in [0.29, 0.717) is 0 Å². The Hall–Kier alpha value is -0.830. The summed E-state index contributed by atoms with van der Waals surface area (Å²) in [6.45, 7) is 4.18. The normalized spacial score (nSPS) is 31.4. The second kappa shape index (κ2) is 2.35. The molecule has 0 spiro atoms. The molecule has 13 heavy (non-hydrogen) atoms. The topological polar surface area (TPSA) is 38.0 Å². The molecule has 1 aliphatic rings. The van der Waals surface area contributed by atoms with Crippen molar-refractivity contribution in [3.63, 3.8) is 0 Å². The summed E-state index contributed by atoms with van der Waals surface area (Å²) >= 11 is 0. The van der Waals surface area contributed by atoms with E-state index in [1.54, 1.807) is 4.68 Å². The van der Waals surface area contributed by atoms with Crippen LogP contribution in [0.3, 0.4) is 0 Å². The minimum atomic E-state index is -0.700. The Bertz CT molecular complexity index is 329. The highest BCUT2D eigenvalue weighted by atomic mass is 16.3. The Kier molecular flexibility index (Phi) is 1.58. The van der Waals surface area contributed by atoms with Crippen molar-refractivity contribution in [1.82, 2.24) is 9.78 Å². The van der Waals surface area contributed by atoms with Crippen LogP contribution in [0, 0.1) is 5.41 Å². The average molecular weight is 180 g/mol. The predicted molar refractivity (Wildman–Crippen MR) is 50.1 cm³/mol. The molecule has 2 rings (SSSR count). The van der Waals surface area contributed by atoms with Gasteiger partial charge in [0.05, 0.1) is 5.69 Å². The Labute approximate surface area is 78.4 Å². The molecule has 1 saturated carbocycles. The Morgan fingerprint density at radius 1 is 1.46 bits per heavy atom. The van der Waals surface area contributed by atoms with Crippen molar-refractivity contribution in [2.75, 3.05) is 0 Å². The maximum atomic E-state index is 10.3. The van der Waals surface area contributed by atoms with Gasteiger partial charge in [-0.2, -0.15) is 5.10 Å². The third kappa shape index (κ3) is 1.03. The van der Waals surface area contributed by atoms with Gasteiger partial charge in [0.15, 0.2) is 0 Å². The first-order valence-electron chi connectivity index (χ1n) is 4.68. The van der Waals surface area contributed by atoms with Gasteiger partial charge >= 0.3 is 0 Å². The molecule has 0 bridgehead atoms. The van der Waals surface area contributed by atoms with E-state index < -0.39 is 5.60 Å². The maximum Gasteiger partial charge on any atom is 0.113 e. The van der Waals surface area contributed by atoms with Gasteiger partial charge in [0, 0.05) is 13.2 Å². The van der Waals surface area contributed by atoms with Crippen molar-refractivity contribution < 1.29 is 5.11 Å². The van der Waals surface area contributed by atoms with Gasteiger partial charge in [-0.3, -0.25) is 4.68 Å². The van der Waals surface area contributed by atoms with Crippen molar-refractivity contribution in [1.29, 1.82) is 0 Å². The summed E-state index contributed by atoms with van der Waals surface area (Å²) in [5.74, 6) is 0. The van der Waals surface area contributed by atoms with E-state index in [2.05, 4.69) is 18.9 Å². The molecule has 0 saturated heterocycles. The Morgan fingerprint density at radius 3 is 2.46 bits per heavy atom. The molecular formula is C10H16N2O. The summed E-state index contributed by atoms with van der Waals surface area (Å²) in [4.78, 5) is 0. The number of aryl methyl sites for hydroxylation is 1. The van der Waals surface area contributed by atoms with E-state index >= 15 is 0 Å². The standard InChI is InChI=1S/C10H16N2O/c1-9(2)5-6-10(9,13)8-4-7-12(3)11-8/h4,7,13H,5-6H2,1-3H3. The van der Waals surface area contributed by atoms with Crippen LogP contribution in [0.1, 0.15) is 32.4 Å². The quantitative estimate of drug-likeness (QED) is 0.710. The molecule has 0 aliphatic heterocycles. The largest absolute Gasteiger partial charge is 0.383 e. The molecule has 3 heteroatoms. The summed E-state index contributed by atoms with van der Waals surface area (Å²) in [5.41, 5.74) is 0.0848. The lowest BCUT2D eigenvalue weighted by Crippen LogP contribution is -2.51. The SMILES string of the molecule is Cn1ccc(C2(O)CCC2(C)C)n1. The third-order valence-corrected chi connectivity index (χ3v) is 3.37. The van der Waals surface area contributed by atoms with E-state index in [1.807, 2.05) is 19.3 Å². The van der Waals surface area contributed by atoms with E-state index in [-0.39, 0.29) is 5.41 Å². The highest BCUT2D eigenvalue weighted by Gasteiger charge is 2.54. The smallest absolute Gasteiger partial charge is 0.113 e. The van der Waals surface area contributed by atoms with Gasteiger partial charge in [-0.05, 0) is 24.3 Å². The van der Waals surface area contributed by atoms with Crippen molar-refractivity contribution in [3.8, 4) is 0 Å². The van der Waals surface area contributed by atoms with Crippen LogP contribution in [0.4, 0.5) is 0 Å². The van der Waals surface area contributed by atoms with Gasteiger partial charge in [0.25, 0.3) is 0 Å². The first kappa shape index (κ1) is 8.75. The number of nitrogens with zero attached hydrogens (tertiary/aromatic N) is 2. The highest BCUT2D eigenvalue weighted by Crippen LogP contribution is 2.55. The monoisotopic (exact) mass is 180 g/mol. The predicted octanol–water partition coefficient (Wildman–Crippen LogP) is 1.43. The maximum absolute atomic E-state index is 10.3. The third-order valence-electron chi connectivity index (χ3n) is 3.37. The second-order valence-corrected chi connectivity index (χ2v) is 4.62. The van der Waals surface area contributed by atoms with Crippen LogP contribution < -0.4 is 0 Å². The van der Waals surface area contributed by atoms with Crippen LogP contribution in [0.15, 0.2) is 12.3 Å². The van der Waals surface area contributed by atoms with E-state index in [0.717, 1.165) is 18.5 Å². The van der Waals surface area contributed by atoms with E-state index in [9.17, 15) is 5.11 Å². The number of rotatable bonds is 1. The lowest BCUT2D eigenvalue weighted by molar-refractivity contribution is -0.159. The Morgan fingerprint density at radius 2 is 2.15 bits per heavy atom. The molecule has 0 radical (unpaired) electrons. The summed E-state index contributed by atoms with van der Waals surface area (Å²) in [6.07, 6.45) is 3.78. The fraction of sp³-hybridized carbons (Fsp3) is 0.700. The van der Waals surface area contributed by atoms with E-state index in [4.69, 9.17) is 0 Å². The molecule has 1 aromatic heterocycles. The zero-order chi connectivity index (χ0) is 9.69. The van der Waals surface area contributed by atoms with Crippen LogP contribution in [-0.2, 0) is 12.6 Å². The fourth-order valence-corrected chi connectivity index (χ4v) is 1.97. The molecule has 1 N–H and O–H groups in total. The van der Waals surface area contributed by atoms with Crippen LogP contribution >= 0.6 is 0 Å². The first-order chi connectivity index (χ1) is 5.96. The molecule has 1 atom stereocenters. The number of hydrogen-bond donors (Lipinski definition) is 1. The molecule has 1 aromatic rings. The first-order valence-corrected chi connectivity index (χ1v) is 4.68. The number of aromatic nitrogens is 2. The van der Waals surface area contributed by atoms with Crippen LogP contribution in [0.2, 0.25) is 0 Å². The van der Waals surface area contributed by atoms with Crippen LogP contribution in [-0.4, -0.2) is 14.9 Å². The van der Waals surface area contributed by atoms with Gasteiger partial charge in [-0.25, -0.2) is 0 Å². The lowest BCUT2D eigenvalue weighted by Gasteiger charge is -2.51. The molecule has 1 heterocycles. The molecule has 0 aromatic carbocycles. The molecule has 3 nitrogen and oxygen atoms in total. The van der Waals surface area contributed by atoms with Crippen molar-refractivity contribution in [2.24, 2.45) is 12.5 Å². The van der Waals surface area contributed by atoms with Crippen LogP contribution in [0.25, 0.3) is 0 Å². The summed E-state index contributed by atoms with van der Waals surface area (Å²) < 4.78 is 1.74. The molecule has 0 amide bonds. The highest BCUT2D eigenvalue weighted by molar-refractivity contribution is 5.19. The minimum absolute atomic E-state index is 0.0264. The van der Waals surface area contributed by atoms with Gasteiger partial charge in [0.1, 0.15) is 5.60 Å². The van der Waals surface area contributed by atoms with Crippen molar-refractivity contribution >= 4 is 0 Å². The second-order valence-electron chi connectivity index (χ2n) is 4.62. The Balaban J connectivity index is 2.36.